The fraction of sp³-hybridized carbons (Fsp3) is 0.250. The SMILES string of the molecule is COc1cccc(-n2ncc(CO)c2OC)c1. The molecular weight excluding hydrogens is 220 g/mol. The molecule has 2 aromatic rings. The van der Waals surface area contributed by atoms with Gasteiger partial charge >= 0.3 is 0 Å². The van der Waals surface area contributed by atoms with Gasteiger partial charge in [-0.2, -0.15) is 5.10 Å². The minimum absolute atomic E-state index is 0.104. The van der Waals surface area contributed by atoms with E-state index in [0.717, 1.165) is 11.4 Å². The van der Waals surface area contributed by atoms with Gasteiger partial charge in [-0.25, -0.2) is 4.68 Å². The van der Waals surface area contributed by atoms with Gasteiger partial charge in [-0.05, 0) is 12.1 Å². The van der Waals surface area contributed by atoms with Crippen molar-refractivity contribution in [3.05, 3.63) is 36.0 Å². The summed E-state index contributed by atoms with van der Waals surface area (Å²) < 4.78 is 12.0. The van der Waals surface area contributed by atoms with Crippen LogP contribution < -0.4 is 9.47 Å². The minimum atomic E-state index is -0.104. The molecule has 1 N–H and O–H groups in total. The van der Waals surface area contributed by atoms with Crippen LogP contribution in [0.4, 0.5) is 0 Å². The summed E-state index contributed by atoms with van der Waals surface area (Å²) in [6, 6.07) is 7.45. The molecule has 1 heterocycles. The van der Waals surface area contributed by atoms with Gasteiger partial charge in [0.15, 0.2) is 0 Å². The molecule has 5 nitrogen and oxygen atoms in total. The number of aromatic nitrogens is 2. The van der Waals surface area contributed by atoms with Crippen molar-refractivity contribution in [2.75, 3.05) is 14.2 Å². The van der Waals surface area contributed by atoms with E-state index in [-0.39, 0.29) is 6.61 Å². The Hall–Kier alpha value is -2.01. The number of methoxy groups -OCH3 is 2. The first-order valence-electron chi connectivity index (χ1n) is 5.16. The number of ether oxygens (including phenoxy) is 2. The maximum atomic E-state index is 9.15. The molecule has 0 aliphatic rings. The highest BCUT2D eigenvalue weighted by Crippen LogP contribution is 2.24. The van der Waals surface area contributed by atoms with Crippen molar-refractivity contribution in [2.24, 2.45) is 0 Å². The quantitative estimate of drug-likeness (QED) is 0.868. The minimum Gasteiger partial charge on any atom is -0.497 e. The second-order valence-corrected chi connectivity index (χ2v) is 3.45. The zero-order valence-electron chi connectivity index (χ0n) is 9.75. The molecule has 0 fully saturated rings. The summed E-state index contributed by atoms with van der Waals surface area (Å²) in [5.74, 6) is 1.27. The summed E-state index contributed by atoms with van der Waals surface area (Å²) in [4.78, 5) is 0. The molecule has 1 aromatic heterocycles. The maximum Gasteiger partial charge on any atom is 0.222 e. The summed E-state index contributed by atoms with van der Waals surface area (Å²) in [7, 11) is 3.16. The summed E-state index contributed by atoms with van der Waals surface area (Å²) in [6.07, 6.45) is 1.58. The Kier molecular flexibility index (Phi) is 3.30. The number of rotatable bonds is 4. The number of aliphatic hydroxyl groups is 1. The summed E-state index contributed by atoms with van der Waals surface area (Å²) in [5.41, 5.74) is 1.47. The van der Waals surface area contributed by atoms with Crippen LogP contribution in [0.15, 0.2) is 30.5 Å². The van der Waals surface area contributed by atoms with Crippen LogP contribution >= 0.6 is 0 Å². The lowest BCUT2D eigenvalue weighted by molar-refractivity contribution is 0.272. The van der Waals surface area contributed by atoms with Crippen molar-refractivity contribution in [2.45, 2.75) is 6.61 Å². The van der Waals surface area contributed by atoms with Gasteiger partial charge in [0.05, 0.1) is 38.3 Å². The van der Waals surface area contributed by atoms with Gasteiger partial charge in [0.1, 0.15) is 5.75 Å². The van der Waals surface area contributed by atoms with E-state index in [9.17, 15) is 0 Å². The molecule has 0 unspecified atom stereocenters. The van der Waals surface area contributed by atoms with Crippen molar-refractivity contribution >= 4 is 0 Å². The van der Waals surface area contributed by atoms with E-state index in [4.69, 9.17) is 14.6 Å². The highest BCUT2D eigenvalue weighted by atomic mass is 16.5. The van der Waals surface area contributed by atoms with E-state index in [2.05, 4.69) is 5.10 Å². The molecule has 2 rings (SSSR count). The van der Waals surface area contributed by atoms with Crippen LogP contribution in [0.1, 0.15) is 5.56 Å². The molecule has 0 saturated heterocycles. The highest BCUT2D eigenvalue weighted by molar-refractivity contribution is 5.42. The standard InChI is InChI=1S/C12H14N2O3/c1-16-11-5-3-4-10(6-11)14-12(17-2)9(8-15)7-13-14/h3-7,15H,8H2,1-2H3. The van der Waals surface area contributed by atoms with Gasteiger partial charge in [0.2, 0.25) is 5.88 Å². The predicted octanol–water partition coefficient (Wildman–Crippen LogP) is 1.38. The van der Waals surface area contributed by atoms with Crippen LogP contribution in [0.2, 0.25) is 0 Å². The van der Waals surface area contributed by atoms with Crippen LogP contribution in [0.25, 0.3) is 5.69 Å². The molecular formula is C12H14N2O3. The fourth-order valence-electron chi connectivity index (χ4n) is 1.62. The lowest BCUT2D eigenvalue weighted by atomic mass is 10.3. The van der Waals surface area contributed by atoms with Crippen molar-refractivity contribution in [1.82, 2.24) is 9.78 Å². The lowest BCUT2D eigenvalue weighted by Gasteiger charge is -2.08. The van der Waals surface area contributed by atoms with Crippen LogP contribution in [-0.2, 0) is 6.61 Å². The first kappa shape index (κ1) is 11.5. The van der Waals surface area contributed by atoms with Crippen LogP contribution in [0, 0.1) is 0 Å². The van der Waals surface area contributed by atoms with E-state index in [1.165, 1.54) is 0 Å². The monoisotopic (exact) mass is 234 g/mol. The van der Waals surface area contributed by atoms with Gasteiger partial charge in [0, 0.05) is 6.07 Å². The maximum absolute atomic E-state index is 9.15. The van der Waals surface area contributed by atoms with Crippen molar-refractivity contribution in [3.63, 3.8) is 0 Å². The molecule has 0 bridgehead atoms. The average molecular weight is 234 g/mol. The Morgan fingerprint density at radius 2 is 2.12 bits per heavy atom. The molecule has 17 heavy (non-hydrogen) atoms. The largest absolute Gasteiger partial charge is 0.497 e. The van der Waals surface area contributed by atoms with E-state index >= 15 is 0 Å². The molecule has 5 heteroatoms. The Morgan fingerprint density at radius 1 is 1.29 bits per heavy atom. The molecule has 0 atom stereocenters. The van der Waals surface area contributed by atoms with Gasteiger partial charge < -0.3 is 14.6 Å². The van der Waals surface area contributed by atoms with Gasteiger partial charge in [0.25, 0.3) is 0 Å². The molecule has 0 radical (unpaired) electrons. The summed E-state index contributed by atoms with van der Waals surface area (Å²) >= 11 is 0. The van der Waals surface area contributed by atoms with Crippen LogP contribution in [0.3, 0.4) is 0 Å². The molecule has 0 spiro atoms. The van der Waals surface area contributed by atoms with Gasteiger partial charge in [-0.15, -0.1) is 0 Å². The van der Waals surface area contributed by atoms with Crippen LogP contribution in [0.5, 0.6) is 11.6 Å². The van der Waals surface area contributed by atoms with E-state index in [0.29, 0.717) is 11.4 Å². The van der Waals surface area contributed by atoms with E-state index in [1.54, 1.807) is 25.1 Å². The molecule has 0 saturated carbocycles. The van der Waals surface area contributed by atoms with E-state index < -0.39 is 0 Å². The van der Waals surface area contributed by atoms with Gasteiger partial charge in [-0.1, -0.05) is 6.07 Å². The number of aliphatic hydroxyl groups excluding tert-OH is 1. The molecule has 0 aliphatic carbocycles. The Bertz CT molecular complexity index is 508. The normalized spacial score (nSPS) is 10.3. The molecule has 1 aromatic carbocycles. The highest BCUT2D eigenvalue weighted by Gasteiger charge is 2.12. The van der Waals surface area contributed by atoms with Crippen molar-refractivity contribution in [3.8, 4) is 17.3 Å². The smallest absolute Gasteiger partial charge is 0.222 e. The third kappa shape index (κ3) is 2.09. The summed E-state index contributed by atoms with van der Waals surface area (Å²) in [5, 5.41) is 13.3. The third-order valence-electron chi connectivity index (χ3n) is 2.46. The molecule has 90 valence electrons. The number of hydrogen-bond acceptors (Lipinski definition) is 4. The Morgan fingerprint density at radius 3 is 2.76 bits per heavy atom. The second kappa shape index (κ2) is 4.88. The summed E-state index contributed by atoms with van der Waals surface area (Å²) in [6.45, 7) is -0.104. The Labute approximate surface area is 99.2 Å². The van der Waals surface area contributed by atoms with Gasteiger partial charge in [-0.3, -0.25) is 0 Å². The van der Waals surface area contributed by atoms with Crippen LogP contribution in [-0.4, -0.2) is 29.1 Å². The zero-order chi connectivity index (χ0) is 12.3. The number of nitrogens with zero attached hydrogens (tertiary/aromatic N) is 2. The number of hydrogen-bond donors (Lipinski definition) is 1. The van der Waals surface area contributed by atoms with Crippen molar-refractivity contribution < 1.29 is 14.6 Å². The lowest BCUT2D eigenvalue weighted by Crippen LogP contribution is -2.01. The first-order valence-corrected chi connectivity index (χ1v) is 5.16. The average Bonchev–Trinajstić information content (AvgIpc) is 2.81. The second-order valence-electron chi connectivity index (χ2n) is 3.45. The molecule has 0 aliphatic heterocycles. The predicted molar refractivity (Wildman–Crippen MR) is 62.6 cm³/mol. The number of benzene rings is 1. The Balaban J connectivity index is 2.48. The third-order valence-corrected chi connectivity index (χ3v) is 2.46. The molecule has 0 amide bonds. The first-order chi connectivity index (χ1) is 8.30. The van der Waals surface area contributed by atoms with Crippen molar-refractivity contribution in [1.29, 1.82) is 0 Å². The van der Waals surface area contributed by atoms with E-state index in [1.807, 2.05) is 24.3 Å². The topological polar surface area (TPSA) is 56.5 Å². The fourth-order valence-corrected chi connectivity index (χ4v) is 1.62. The zero-order valence-corrected chi connectivity index (χ0v) is 9.75.